The molecule has 0 aliphatic carbocycles. The molecule has 0 N–H and O–H groups in total. The molecule has 0 bridgehead atoms. The first kappa shape index (κ1) is 11.1. The van der Waals surface area contributed by atoms with Crippen LogP contribution in [-0.2, 0) is 0 Å². The number of rotatable bonds is 3. The van der Waals surface area contributed by atoms with Gasteiger partial charge in [0.25, 0.3) is 0 Å². The third-order valence-electron chi connectivity index (χ3n) is 1.89. The number of benzene rings is 1. The van der Waals surface area contributed by atoms with Crippen LogP contribution in [0.25, 0.3) is 0 Å². The Hall–Kier alpha value is -0.0200. The molecule has 0 saturated heterocycles. The fourth-order valence-corrected chi connectivity index (χ4v) is 1.91. The highest BCUT2D eigenvalue weighted by atomic mass is 79.9. The highest BCUT2D eigenvalue weighted by Gasteiger charge is 2.10. The molecule has 1 rings (SSSR count). The maximum absolute atomic E-state index is 5.27. The molecule has 0 aliphatic heterocycles. The third-order valence-corrected chi connectivity index (χ3v) is 3.52. The van der Waals surface area contributed by atoms with Crippen LogP contribution in [0.5, 0.6) is 5.75 Å². The summed E-state index contributed by atoms with van der Waals surface area (Å²) in [5, 5.41) is 0. The maximum Gasteiger partial charge on any atom is 0.123 e. The van der Waals surface area contributed by atoms with Gasteiger partial charge in [-0.25, -0.2) is 0 Å². The Balaban J connectivity index is 3.07. The summed E-state index contributed by atoms with van der Waals surface area (Å²) in [6.07, 6.45) is 1.05. The van der Waals surface area contributed by atoms with Gasteiger partial charge < -0.3 is 4.74 Å². The largest absolute Gasteiger partial charge is 0.496 e. The lowest BCUT2D eigenvalue weighted by molar-refractivity contribution is 0.409. The number of alkyl halides is 1. The molecule has 1 unspecified atom stereocenters. The molecule has 3 heteroatoms. The van der Waals surface area contributed by atoms with E-state index in [1.54, 1.807) is 7.11 Å². The van der Waals surface area contributed by atoms with E-state index in [0.717, 1.165) is 16.6 Å². The lowest BCUT2D eigenvalue weighted by atomic mass is 10.1. The lowest BCUT2D eigenvalue weighted by Gasteiger charge is -2.12. The Morgan fingerprint density at radius 2 is 2.15 bits per heavy atom. The van der Waals surface area contributed by atoms with Crippen molar-refractivity contribution in [2.75, 3.05) is 7.11 Å². The predicted octanol–water partition coefficient (Wildman–Crippen LogP) is 4.30. The highest BCUT2D eigenvalue weighted by molar-refractivity contribution is 9.10. The molecular weight excluding hydrogens is 296 g/mol. The van der Waals surface area contributed by atoms with Crippen molar-refractivity contribution in [2.45, 2.75) is 18.2 Å². The molecule has 0 spiro atoms. The molecule has 0 saturated carbocycles. The van der Waals surface area contributed by atoms with E-state index in [9.17, 15) is 0 Å². The van der Waals surface area contributed by atoms with E-state index in [0.29, 0.717) is 4.83 Å². The van der Waals surface area contributed by atoms with Gasteiger partial charge in [-0.05, 0) is 24.6 Å². The van der Waals surface area contributed by atoms with Crippen molar-refractivity contribution in [3.05, 3.63) is 28.2 Å². The van der Waals surface area contributed by atoms with Crippen LogP contribution in [0.2, 0.25) is 0 Å². The Bertz CT molecular complexity index is 286. The van der Waals surface area contributed by atoms with Gasteiger partial charge in [0, 0.05) is 14.9 Å². The third kappa shape index (κ3) is 2.71. The molecule has 0 fully saturated rings. The zero-order chi connectivity index (χ0) is 9.84. The minimum atomic E-state index is 0.361. The molecule has 0 amide bonds. The van der Waals surface area contributed by atoms with Crippen LogP contribution in [0.4, 0.5) is 0 Å². The molecule has 1 atom stereocenters. The molecule has 72 valence electrons. The average molecular weight is 308 g/mol. The molecule has 0 radical (unpaired) electrons. The van der Waals surface area contributed by atoms with Gasteiger partial charge in [0.15, 0.2) is 0 Å². The minimum Gasteiger partial charge on any atom is -0.496 e. The van der Waals surface area contributed by atoms with Gasteiger partial charge in [-0.1, -0.05) is 38.8 Å². The second-order valence-electron chi connectivity index (χ2n) is 2.76. The maximum atomic E-state index is 5.27. The van der Waals surface area contributed by atoms with E-state index in [4.69, 9.17) is 4.74 Å². The van der Waals surface area contributed by atoms with Crippen LogP contribution >= 0.6 is 31.9 Å². The van der Waals surface area contributed by atoms with Crippen LogP contribution in [0.1, 0.15) is 23.7 Å². The highest BCUT2D eigenvalue weighted by Crippen LogP contribution is 2.35. The van der Waals surface area contributed by atoms with E-state index in [2.05, 4.69) is 44.8 Å². The van der Waals surface area contributed by atoms with E-state index >= 15 is 0 Å². The SMILES string of the molecule is CCC(Br)c1cc(Br)ccc1OC. The van der Waals surface area contributed by atoms with Gasteiger partial charge in [-0.15, -0.1) is 0 Å². The van der Waals surface area contributed by atoms with Gasteiger partial charge >= 0.3 is 0 Å². The van der Waals surface area contributed by atoms with Crippen LogP contribution in [-0.4, -0.2) is 7.11 Å². The number of methoxy groups -OCH3 is 1. The van der Waals surface area contributed by atoms with Crippen LogP contribution in [0.3, 0.4) is 0 Å². The van der Waals surface area contributed by atoms with Crippen molar-refractivity contribution in [3.8, 4) is 5.75 Å². The molecule has 1 aromatic rings. The molecule has 13 heavy (non-hydrogen) atoms. The normalized spacial score (nSPS) is 12.6. The quantitative estimate of drug-likeness (QED) is 0.756. The topological polar surface area (TPSA) is 9.23 Å². The van der Waals surface area contributed by atoms with Crippen LogP contribution in [0, 0.1) is 0 Å². The van der Waals surface area contributed by atoms with E-state index < -0.39 is 0 Å². The Morgan fingerprint density at radius 1 is 1.46 bits per heavy atom. The first-order valence-electron chi connectivity index (χ1n) is 4.16. The van der Waals surface area contributed by atoms with Crippen molar-refractivity contribution in [3.63, 3.8) is 0 Å². The molecule has 1 nitrogen and oxygen atoms in total. The summed E-state index contributed by atoms with van der Waals surface area (Å²) in [6.45, 7) is 2.14. The summed E-state index contributed by atoms with van der Waals surface area (Å²) in [5.41, 5.74) is 1.19. The zero-order valence-corrected chi connectivity index (χ0v) is 10.9. The van der Waals surface area contributed by atoms with E-state index in [-0.39, 0.29) is 0 Å². The smallest absolute Gasteiger partial charge is 0.123 e. The monoisotopic (exact) mass is 306 g/mol. The zero-order valence-electron chi connectivity index (χ0n) is 7.68. The van der Waals surface area contributed by atoms with Gasteiger partial charge in [0.05, 0.1) is 7.11 Å². The summed E-state index contributed by atoms with van der Waals surface area (Å²) in [6, 6.07) is 6.04. The Labute approximate surface area is 95.7 Å². The molecule has 0 aromatic heterocycles. The number of hydrogen-bond donors (Lipinski definition) is 0. The minimum absolute atomic E-state index is 0.361. The van der Waals surface area contributed by atoms with Gasteiger partial charge in [-0.2, -0.15) is 0 Å². The van der Waals surface area contributed by atoms with Gasteiger partial charge in [0.1, 0.15) is 5.75 Å². The summed E-state index contributed by atoms with van der Waals surface area (Å²) >= 11 is 7.06. The van der Waals surface area contributed by atoms with Crippen LogP contribution in [0.15, 0.2) is 22.7 Å². The van der Waals surface area contributed by atoms with Crippen molar-refractivity contribution in [1.29, 1.82) is 0 Å². The van der Waals surface area contributed by atoms with E-state index in [1.165, 1.54) is 5.56 Å². The molecule has 0 aliphatic rings. The first-order chi connectivity index (χ1) is 6.19. The van der Waals surface area contributed by atoms with Crippen molar-refractivity contribution in [1.82, 2.24) is 0 Å². The fourth-order valence-electron chi connectivity index (χ4n) is 1.17. The lowest BCUT2D eigenvalue weighted by Crippen LogP contribution is -1.93. The summed E-state index contributed by atoms with van der Waals surface area (Å²) in [7, 11) is 1.70. The van der Waals surface area contributed by atoms with Crippen molar-refractivity contribution in [2.24, 2.45) is 0 Å². The second-order valence-corrected chi connectivity index (χ2v) is 4.78. The summed E-state index contributed by atoms with van der Waals surface area (Å²) in [5.74, 6) is 0.937. The molecule has 0 heterocycles. The summed E-state index contributed by atoms with van der Waals surface area (Å²) in [4.78, 5) is 0.361. The predicted molar refractivity (Wildman–Crippen MR) is 62.7 cm³/mol. The van der Waals surface area contributed by atoms with Crippen molar-refractivity contribution >= 4 is 31.9 Å². The van der Waals surface area contributed by atoms with Crippen molar-refractivity contribution < 1.29 is 4.74 Å². The molecular formula is C10H12Br2O. The fraction of sp³-hybridized carbons (Fsp3) is 0.400. The number of ether oxygens (including phenoxy) is 1. The Kier molecular flexibility index (Phi) is 4.26. The Morgan fingerprint density at radius 3 is 2.69 bits per heavy atom. The summed E-state index contributed by atoms with van der Waals surface area (Å²) < 4.78 is 6.36. The number of halogens is 2. The second kappa shape index (κ2) is 5.01. The van der Waals surface area contributed by atoms with E-state index in [1.807, 2.05) is 12.1 Å². The molecule has 1 aromatic carbocycles. The van der Waals surface area contributed by atoms with Crippen LogP contribution < -0.4 is 4.74 Å². The first-order valence-corrected chi connectivity index (χ1v) is 5.87. The number of hydrogen-bond acceptors (Lipinski definition) is 1. The standard InChI is InChI=1S/C10H12Br2O/c1-3-9(12)8-6-7(11)4-5-10(8)13-2/h4-6,9H,3H2,1-2H3. The van der Waals surface area contributed by atoms with Gasteiger partial charge in [-0.3, -0.25) is 0 Å². The average Bonchev–Trinajstić information content (AvgIpc) is 2.16. The van der Waals surface area contributed by atoms with Gasteiger partial charge in [0.2, 0.25) is 0 Å².